The van der Waals surface area contributed by atoms with Crippen molar-refractivity contribution in [1.29, 1.82) is 0 Å². The highest BCUT2D eigenvalue weighted by atomic mass is 32.2. The number of hydrogen-bond donors (Lipinski definition) is 0. The summed E-state index contributed by atoms with van der Waals surface area (Å²) >= 11 is 0. The fraction of sp³-hybridized carbons (Fsp3) is 0.474. The molecule has 27 heavy (non-hydrogen) atoms. The van der Waals surface area contributed by atoms with Gasteiger partial charge in [0.05, 0.1) is 17.9 Å². The summed E-state index contributed by atoms with van der Waals surface area (Å²) in [6.45, 7) is 5.86. The zero-order valence-corrected chi connectivity index (χ0v) is 16.4. The molecule has 1 atom stereocenters. The lowest BCUT2D eigenvalue weighted by Crippen LogP contribution is -2.40. The topological polar surface area (TPSA) is 75.5 Å². The van der Waals surface area contributed by atoms with Crippen molar-refractivity contribution >= 4 is 15.9 Å². The number of likely N-dealkylation sites (tertiary alicyclic amines) is 1. The Bertz CT molecular complexity index is 983. The summed E-state index contributed by atoms with van der Waals surface area (Å²) in [5.74, 6) is 0.361. The van der Waals surface area contributed by atoms with Gasteiger partial charge in [0, 0.05) is 19.6 Å². The summed E-state index contributed by atoms with van der Waals surface area (Å²) in [6, 6.07) is 6.88. The van der Waals surface area contributed by atoms with Crippen molar-refractivity contribution in [3.05, 3.63) is 42.0 Å². The van der Waals surface area contributed by atoms with Crippen LogP contribution < -0.4 is 0 Å². The molecule has 2 aliphatic rings. The van der Waals surface area contributed by atoms with Crippen molar-refractivity contribution in [3.63, 3.8) is 0 Å². The Kier molecular flexibility index (Phi) is 4.55. The van der Waals surface area contributed by atoms with Gasteiger partial charge in [0.25, 0.3) is 5.91 Å². The van der Waals surface area contributed by atoms with Crippen LogP contribution in [0.5, 0.6) is 0 Å². The van der Waals surface area contributed by atoms with E-state index in [0.717, 1.165) is 25.9 Å². The first-order chi connectivity index (χ1) is 12.9. The molecule has 1 fully saturated rings. The minimum Gasteiger partial charge on any atom is -0.337 e. The van der Waals surface area contributed by atoms with Crippen LogP contribution in [-0.2, 0) is 16.6 Å². The fourth-order valence-electron chi connectivity index (χ4n) is 3.98. The number of nitrogens with zero attached hydrogens (tertiary/aromatic N) is 4. The Balaban J connectivity index is 1.82. The maximum atomic E-state index is 13.1. The molecule has 0 aliphatic carbocycles. The van der Waals surface area contributed by atoms with Gasteiger partial charge in [-0.25, -0.2) is 13.4 Å². The molecule has 0 saturated carbocycles. The fourth-order valence-corrected chi connectivity index (χ4v) is 5.57. The molecule has 2 aromatic rings. The van der Waals surface area contributed by atoms with Gasteiger partial charge in [0.1, 0.15) is 11.2 Å². The number of sulfonamides is 1. The van der Waals surface area contributed by atoms with E-state index >= 15 is 0 Å². The number of hydrogen-bond acceptors (Lipinski definition) is 4. The van der Waals surface area contributed by atoms with Gasteiger partial charge >= 0.3 is 0 Å². The molecule has 0 radical (unpaired) electrons. The molecule has 1 aromatic heterocycles. The highest BCUT2D eigenvalue weighted by Crippen LogP contribution is 2.31. The third kappa shape index (κ3) is 2.96. The van der Waals surface area contributed by atoms with E-state index in [1.165, 1.54) is 4.31 Å². The molecule has 8 heteroatoms. The average molecular weight is 388 g/mol. The Morgan fingerprint density at radius 3 is 2.81 bits per heavy atom. The molecule has 0 unspecified atom stereocenters. The molecule has 1 aromatic carbocycles. The highest BCUT2D eigenvalue weighted by Gasteiger charge is 2.35. The summed E-state index contributed by atoms with van der Waals surface area (Å²) < 4.78 is 29.2. The quantitative estimate of drug-likeness (QED) is 0.791. The summed E-state index contributed by atoms with van der Waals surface area (Å²) in [5, 5.41) is 0. The van der Waals surface area contributed by atoms with Crippen molar-refractivity contribution in [3.8, 4) is 5.69 Å². The van der Waals surface area contributed by atoms with E-state index in [1.807, 2.05) is 4.90 Å². The maximum Gasteiger partial charge on any atom is 0.274 e. The van der Waals surface area contributed by atoms with E-state index < -0.39 is 10.0 Å². The number of benzene rings is 1. The van der Waals surface area contributed by atoms with E-state index in [2.05, 4.69) is 11.9 Å². The monoisotopic (exact) mass is 388 g/mol. The molecule has 1 amide bonds. The normalized spacial score (nSPS) is 22.0. The van der Waals surface area contributed by atoms with Crippen LogP contribution in [0.3, 0.4) is 0 Å². The first-order valence-electron chi connectivity index (χ1n) is 9.38. The SMILES string of the molecule is CCN1Cc2c(C(=O)N3CCC[C@@H](C)C3)ncn2-c2ccccc2S1(=O)=O. The number of carbonyl (C=O) groups is 1. The van der Waals surface area contributed by atoms with Gasteiger partial charge in [0.2, 0.25) is 10.0 Å². The third-order valence-electron chi connectivity index (χ3n) is 5.43. The summed E-state index contributed by atoms with van der Waals surface area (Å²) in [5.41, 5.74) is 1.53. The van der Waals surface area contributed by atoms with Crippen molar-refractivity contribution < 1.29 is 13.2 Å². The minimum absolute atomic E-state index is 0.108. The zero-order valence-electron chi connectivity index (χ0n) is 15.6. The van der Waals surface area contributed by atoms with Gasteiger partial charge in [-0.15, -0.1) is 0 Å². The van der Waals surface area contributed by atoms with Crippen LogP contribution in [0.25, 0.3) is 5.69 Å². The van der Waals surface area contributed by atoms with Gasteiger partial charge in [-0.1, -0.05) is 26.0 Å². The number of imidazole rings is 1. The van der Waals surface area contributed by atoms with E-state index in [9.17, 15) is 13.2 Å². The molecular formula is C19H24N4O3S. The van der Waals surface area contributed by atoms with Gasteiger partial charge < -0.3 is 4.90 Å². The number of aromatic nitrogens is 2. The number of para-hydroxylation sites is 1. The van der Waals surface area contributed by atoms with Crippen LogP contribution >= 0.6 is 0 Å². The Morgan fingerprint density at radius 2 is 2.07 bits per heavy atom. The van der Waals surface area contributed by atoms with Crippen molar-refractivity contribution in [2.75, 3.05) is 19.6 Å². The summed E-state index contributed by atoms with van der Waals surface area (Å²) in [6.07, 6.45) is 3.69. The molecule has 7 nitrogen and oxygen atoms in total. The van der Waals surface area contributed by atoms with Crippen LogP contribution in [0.1, 0.15) is 42.9 Å². The van der Waals surface area contributed by atoms with Crippen molar-refractivity contribution in [1.82, 2.24) is 18.8 Å². The molecular weight excluding hydrogens is 364 g/mol. The molecule has 3 heterocycles. The van der Waals surface area contributed by atoms with E-state index in [1.54, 1.807) is 42.1 Å². The molecule has 0 spiro atoms. The Morgan fingerprint density at radius 1 is 1.30 bits per heavy atom. The van der Waals surface area contributed by atoms with Crippen LogP contribution in [0.15, 0.2) is 35.5 Å². The molecule has 2 aliphatic heterocycles. The Hall–Kier alpha value is -2.19. The van der Waals surface area contributed by atoms with Gasteiger partial charge in [-0.3, -0.25) is 9.36 Å². The lowest BCUT2D eigenvalue weighted by molar-refractivity contribution is 0.0675. The molecule has 4 rings (SSSR count). The largest absolute Gasteiger partial charge is 0.337 e. The van der Waals surface area contributed by atoms with E-state index in [0.29, 0.717) is 29.5 Å². The highest BCUT2D eigenvalue weighted by molar-refractivity contribution is 7.89. The number of amides is 1. The van der Waals surface area contributed by atoms with E-state index in [-0.39, 0.29) is 17.3 Å². The second kappa shape index (κ2) is 6.76. The second-order valence-electron chi connectivity index (χ2n) is 7.31. The van der Waals surface area contributed by atoms with Crippen LogP contribution in [0.2, 0.25) is 0 Å². The first-order valence-corrected chi connectivity index (χ1v) is 10.8. The van der Waals surface area contributed by atoms with Crippen LogP contribution in [0, 0.1) is 5.92 Å². The second-order valence-corrected chi connectivity index (χ2v) is 9.21. The number of fused-ring (bicyclic) bond motifs is 3. The standard InChI is InChI=1S/C19H24N4O3S/c1-3-22-12-16-18(19(24)21-10-6-7-14(2)11-21)20-13-23(16)15-8-4-5-9-17(15)27(22,25)26/h4-5,8-9,13-14H,3,6-7,10-12H2,1-2H3/t14-/m1/s1. The smallest absolute Gasteiger partial charge is 0.274 e. The van der Waals surface area contributed by atoms with Crippen molar-refractivity contribution in [2.45, 2.75) is 38.1 Å². The van der Waals surface area contributed by atoms with Gasteiger partial charge in [-0.2, -0.15) is 4.31 Å². The molecule has 0 N–H and O–H groups in total. The number of rotatable bonds is 2. The third-order valence-corrected chi connectivity index (χ3v) is 7.40. The predicted octanol–water partition coefficient (Wildman–Crippen LogP) is 2.27. The lowest BCUT2D eigenvalue weighted by atomic mass is 10.00. The lowest BCUT2D eigenvalue weighted by Gasteiger charge is -2.30. The number of carbonyl (C=O) groups excluding carboxylic acids is 1. The zero-order chi connectivity index (χ0) is 19.2. The molecule has 0 bridgehead atoms. The minimum atomic E-state index is -3.62. The maximum absolute atomic E-state index is 13.1. The molecule has 1 saturated heterocycles. The predicted molar refractivity (Wildman–Crippen MR) is 101 cm³/mol. The van der Waals surface area contributed by atoms with Crippen LogP contribution in [-0.4, -0.2) is 52.7 Å². The molecule has 144 valence electrons. The Labute approximate surface area is 159 Å². The first kappa shape index (κ1) is 18.2. The number of piperidine rings is 1. The summed E-state index contributed by atoms with van der Waals surface area (Å²) in [7, 11) is -3.62. The van der Waals surface area contributed by atoms with Crippen LogP contribution in [0.4, 0.5) is 0 Å². The summed E-state index contributed by atoms with van der Waals surface area (Å²) in [4.78, 5) is 19.6. The van der Waals surface area contributed by atoms with Gasteiger partial charge in [-0.05, 0) is 30.9 Å². The van der Waals surface area contributed by atoms with Gasteiger partial charge in [0.15, 0.2) is 5.69 Å². The van der Waals surface area contributed by atoms with E-state index in [4.69, 9.17) is 0 Å². The van der Waals surface area contributed by atoms with Crippen molar-refractivity contribution in [2.24, 2.45) is 5.92 Å². The average Bonchev–Trinajstić information content (AvgIpc) is 3.05.